The molecule has 0 fully saturated rings. The molecule has 3 N–H and O–H groups in total. The molecule has 0 aliphatic heterocycles. The van der Waals surface area contributed by atoms with Crippen molar-refractivity contribution in [3.05, 3.63) is 0 Å². The van der Waals surface area contributed by atoms with Gasteiger partial charge in [0, 0.05) is 0 Å². The minimum absolute atomic E-state index is 0.221. The summed E-state index contributed by atoms with van der Waals surface area (Å²) in [5.41, 5.74) is 4.90. The number of unbranched alkanes of at least 4 members (excludes halogenated alkanes) is 2. The Hall–Kier alpha value is -0.0800. The zero-order valence-corrected chi connectivity index (χ0v) is 9.34. The van der Waals surface area contributed by atoms with E-state index in [4.69, 9.17) is 5.73 Å². The smallest absolute Gasteiger partial charge is 0.116 e. The summed E-state index contributed by atoms with van der Waals surface area (Å²) < 4.78 is 0. The highest BCUT2D eigenvalue weighted by Crippen LogP contribution is 2.22. The third kappa shape index (κ3) is 5.27. The fourth-order valence-corrected chi connectivity index (χ4v) is 1.47. The molecule has 0 heterocycles. The maximum absolute atomic E-state index is 9.92. The zero-order chi connectivity index (χ0) is 10.3. The molecule has 2 heteroatoms. The molecule has 0 aliphatic rings. The lowest BCUT2D eigenvalue weighted by atomic mass is 9.89. The quantitative estimate of drug-likeness (QED) is 0.602. The molecule has 0 rings (SSSR count). The van der Waals surface area contributed by atoms with Crippen LogP contribution in [-0.2, 0) is 0 Å². The highest BCUT2D eigenvalue weighted by Gasteiger charge is 2.27. The summed E-state index contributed by atoms with van der Waals surface area (Å²) in [5, 5.41) is 9.92. The van der Waals surface area contributed by atoms with Crippen LogP contribution in [-0.4, -0.2) is 10.8 Å². The largest absolute Gasteiger partial charge is 0.376 e. The Labute approximate surface area is 82.5 Å². The van der Waals surface area contributed by atoms with E-state index in [0.29, 0.717) is 0 Å². The average molecular weight is 187 g/mol. The van der Waals surface area contributed by atoms with Gasteiger partial charge in [0.25, 0.3) is 0 Å². The van der Waals surface area contributed by atoms with Gasteiger partial charge in [-0.05, 0) is 25.2 Å². The zero-order valence-electron chi connectivity index (χ0n) is 9.34. The van der Waals surface area contributed by atoms with Crippen LogP contribution < -0.4 is 5.73 Å². The molecule has 0 bridgehead atoms. The van der Waals surface area contributed by atoms with Crippen LogP contribution in [0.3, 0.4) is 0 Å². The van der Waals surface area contributed by atoms with Crippen molar-refractivity contribution in [2.24, 2.45) is 11.7 Å². The number of hydrogen-bond donors (Lipinski definition) is 2. The molecule has 0 amide bonds. The Balaban J connectivity index is 3.80. The first-order valence-electron chi connectivity index (χ1n) is 5.55. The van der Waals surface area contributed by atoms with E-state index in [0.717, 1.165) is 32.1 Å². The van der Waals surface area contributed by atoms with Gasteiger partial charge in [0.15, 0.2) is 0 Å². The molecular weight excluding hydrogens is 162 g/mol. The normalized spacial score (nSPS) is 18.2. The van der Waals surface area contributed by atoms with Gasteiger partial charge in [-0.2, -0.15) is 0 Å². The lowest BCUT2D eigenvalue weighted by Crippen LogP contribution is -2.45. The van der Waals surface area contributed by atoms with Crippen molar-refractivity contribution in [1.29, 1.82) is 0 Å². The van der Waals surface area contributed by atoms with Crippen molar-refractivity contribution in [3.63, 3.8) is 0 Å². The highest BCUT2D eigenvalue weighted by molar-refractivity contribution is 4.77. The van der Waals surface area contributed by atoms with Crippen molar-refractivity contribution in [1.82, 2.24) is 0 Å². The SMILES string of the molecule is CCCCC(C)C(N)(O)CCCC. The van der Waals surface area contributed by atoms with E-state index < -0.39 is 5.72 Å². The maximum atomic E-state index is 9.92. The summed E-state index contributed by atoms with van der Waals surface area (Å²) in [6, 6.07) is 0. The van der Waals surface area contributed by atoms with Crippen LogP contribution >= 0.6 is 0 Å². The Kier molecular flexibility index (Phi) is 6.35. The van der Waals surface area contributed by atoms with Gasteiger partial charge in [-0.1, -0.05) is 40.0 Å². The molecule has 0 aromatic rings. The van der Waals surface area contributed by atoms with Crippen LogP contribution in [0.4, 0.5) is 0 Å². The van der Waals surface area contributed by atoms with Crippen molar-refractivity contribution in [2.45, 2.75) is 65.0 Å². The Morgan fingerprint density at radius 1 is 1.23 bits per heavy atom. The molecule has 13 heavy (non-hydrogen) atoms. The van der Waals surface area contributed by atoms with Crippen LogP contribution in [0.5, 0.6) is 0 Å². The first-order valence-corrected chi connectivity index (χ1v) is 5.55. The molecule has 0 aliphatic carbocycles. The first kappa shape index (κ1) is 12.9. The van der Waals surface area contributed by atoms with Crippen molar-refractivity contribution >= 4 is 0 Å². The highest BCUT2D eigenvalue weighted by atomic mass is 16.3. The molecular formula is C11H25NO. The van der Waals surface area contributed by atoms with E-state index in [1.54, 1.807) is 0 Å². The number of rotatable bonds is 7. The fourth-order valence-electron chi connectivity index (χ4n) is 1.47. The van der Waals surface area contributed by atoms with Crippen molar-refractivity contribution < 1.29 is 5.11 Å². The molecule has 0 aromatic carbocycles. The third-order valence-electron chi connectivity index (χ3n) is 2.77. The van der Waals surface area contributed by atoms with Crippen molar-refractivity contribution in [3.8, 4) is 0 Å². The standard InChI is InChI=1S/C11H25NO/c1-4-6-8-10(3)11(12,13)9-7-5-2/h10,13H,4-9,12H2,1-3H3. The minimum Gasteiger partial charge on any atom is -0.376 e. The van der Waals surface area contributed by atoms with E-state index in [9.17, 15) is 5.11 Å². The van der Waals surface area contributed by atoms with Gasteiger partial charge in [-0.25, -0.2) is 0 Å². The van der Waals surface area contributed by atoms with Gasteiger partial charge in [0.1, 0.15) is 5.72 Å². The Bertz CT molecular complexity index is 123. The molecule has 2 atom stereocenters. The number of aliphatic hydroxyl groups is 1. The topological polar surface area (TPSA) is 46.2 Å². The van der Waals surface area contributed by atoms with Crippen LogP contribution in [0, 0.1) is 5.92 Å². The van der Waals surface area contributed by atoms with E-state index in [1.807, 2.05) is 6.92 Å². The molecule has 0 aromatic heterocycles. The van der Waals surface area contributed by atoms with Crippen LogP contribution in [0.2, 0.25) is 0 Å². The second-order valence-corrected chi connectivity index (χ2v) is 4.14. The lowest BCUT2D eigenvalue weighted by molar-refractivity contribution is -0.0194. The molecule has 0 saturated carbocycles. The lowest BCUT2D eigenvalue weighted by Gasteiger charge is -2.30. The van der Waals surface area contributed by atoms with Crippen LogP contribution in [0.1, 0.15) is 59.3 Å². The first-order chi connectivity index (χ1) is 6.04. The second kappa shape index (κ2) is 6.39. The van der Waals surface area contributed by atoms with Crippen LogP contribution in [0.15, 0.2) is 0 Å². The molecule has 80 valence electrons. The Morgan fingerprint density at radius 2 is 1.77 bits per heavy atom. The summed E-state index contributed by atoms with van der Waals surface area (Å²) >= 11 is 0. The van der Waals surface area contributed by atoms with Gasteiger partial charge >= 0.3 is 0 Å². The van der Waals surface area contributed by atoms with Gasteiger partial charge in [0.2, 0.25) is 0 Å². The van der Waals surface area contributed by atoms with Gasteiger partial charge in [-0.15, -0.1) is 0 Å². The summed E-state index contributed by atoms with van der Waals surface area (Å²) in [6.07, 6.45) is 6.21. The average Bonchev–Trinajstić information content (AvgIpc) is 2.10. The van der Waals surface area contributed by atoms with E-state index in [-0.39, 0.29) is 5.92 Å². The predicted molar refractivity (Wildman–Crippen MR) is 57.4 cm³/mol. The molecule has 0 spiro atoms. The summed E-state index contributed by atoms with van der Waals surface area (Å²) in [4.78, 5) is 0. The summed E-state index contributed by atoms with van der Waals surface area (Å²) in [6.45, 7) is 6.33. The van der Waals surface area contributed by atoms with Gasteiger partial charge in [0.05, 0.1) is 0 Å². The third-order valence-corrected chi connectivity index (χ3v) is 2.77. The van der Waals surface area contributed by atoms with Crippen LogP contribution in [0.25, 0.3) is 0 Å². The molecule has 2 unspecified atom stereocenters. The fraction of sp³-hybridized carbons (Fsp3) is 1.00. The number of nitrogens with two attached hydrogens (primary N) is 1. The van der Waals surface area contributed by atoms with Gasteiger partial charge < -0.3 is 10.8 Å². The molecule has 0 saturated heterocycles. The molecule has 0 radical (unpaired) electrons. The van der Waals surface area contributed by atoms with Gasteiger partial charge in [-0.3, -0.25) is 0 Å². The monoisotopic (exact) mass is 187 g/mol. The predicted octanol–water partition coefficient (Wildman–Crippen LogP) is 2.65. The Morgan fingerprint density at radius 3 is 2.23 bits per heavy atom. The summed E-state index contributed by atoms with van der Waals surface area (Å²) in [7, 11) is 0. The minimum atomic E-state index is -0.939. The van der Waals surface area contributed by atoms with E-state index >= 15 is 0 Å². The van der Waals surface area contributed by atoms with E-state index in [1.165, 1.54) is 6.42 Å². The summed E-state index contributed by atoms with van der Waals surface area (Å²) in [5.74, 6) is 0.221. The second-order valence-electron chi connectivity index (χ2n) is 4.14. The number of hydrogen-bond acceptors (Lipinski definition) is 2. The molecule has 2 nitrogen and oxygen atoms in total. The van der Waals surface area contributed by atoms with Crippen molar-refractivity contribution in [2.75, 3.05) is 0 Å². The maximum Gasteiger partial charge on any atom is 0.116 e. The van der Waals surface area contributed by atoms with E-state index in [2.05, 4.69) is 13.8 Å².